The number of amides is 1. The molecule has 0 radical (unpaired) electrons. The summed E-state index contributed by atoms with van der Waals surface area (Å²) in [5.41, 5.74) is 3.36. The predicted molar refractivity (Wildman–Crippen MR) is 87.6 cm³/mol. The minimum atomic E-state index is 0.0279. The fourth-order valence-corrected chi connectivity index (χ4v) is 3.27. The first-order valence-corrected chi connectivity index (χ1v) is 8.24. The van der Waals surface area contributed by atoms with E-state index in [1.807, 2.05) is 16.9 Å². The molecule has 5 nitrogen and oxygen atoms in total. The van der Waals surface area contributed by atoms with Gasteiger partial charge in [-0.2, -0.15) is 5.10 Å². The van der Waals surface area contributed by atoms with Gasteiger partial charge in [-0.25, -0.2) is 0 Å². The number of rotatable bonds is 4. The second-order valence-corrected chi connectivity index (χ2v) is 6.50. The van der Waals surface area contributed by atoms with Gasteiger partial charge in [0.25, 0.3) is 0 Å². The number of nitrogens with one attached hydrogen (secondary N) is 1. The van der Waals surface area contributed by atoms with Crippen LogP contribution in [0.5, 0.6) is 5.75 Å². The van der Waals surface area contributed by atoms with Crippen LogP contribution >= 0.6 is 0 Å². The van der Waals surface area contributed by atoms with E-state index in [1.165, 1.54) is 24.0 Å². The molecule has 1 aromatic carbocycles. The van der Waals surface area contributed by atoms with Gasteiger partial charge in [0.05, 0.1) is 25.0 Å². The van der Waals surface area contributed by atoms with E-state index in [0.29, 0.717) is 6.04 Å². The maximum atomic E-state index is 12.5. The Morgan fingerprint density at radius 1 is 1.30 bits per heavy atom. The Labute approximate surface area is 135 Å². The second-order valence-electron chi connectivity index (χ2n) is 6.50. The molecule has 1 unspecified atom stereocenters. The molecule has 1 atom stereocenters. The number of carbonyl (C=O) groups excluding carboxylic acids is 1. The van der Waals surface area contributed by atoms with Gasteiger partial charge in [-0.05, 0) is 55.4 Å². The van der Waals surface area contributed by atoms with Crippen LogP contribution < -0.4 is 10.1 Å². The lowest BCUT2D eigenvalue weighted by atomic mass is 9.83. The SMILES string of the molecule is COc1ccc2c(c1)CCC(C(=O)Nc1cnn(C3CC3)c1)C2. The average molecular weight is 311 g/mol. The van der Waals surface area contributed by atoms with Gasteiger partial charge in [0, 0.05) is 12.1 Å². The van der Waals surface area contributed by atoms with Crippen molar-refractivity contribution in [2.45, 2.75) is 38.1 Å². The molecule has 1 aromatic heterocycles. The Morgan fingerprint density at radius 3 is 2.96 bits per heavy atom. The summed E-state index contributed by atoms with van der Waals surface area (Å²) in [6, 6.07) is 6.68. The highest BCUT2D eigenvalue weighted by Gasteiger charge is 2.27. The molecule has 0 aliphatic heterocycles. The minimum Gasteiger partial charge on any atom is -0.497 e. The van der Waals surface area contributed by atoms with Gasteiger partial charge in [-0.3, -0.25) is 9.48 Å². The topological polar surface area (TPSA) is 56.1 Å². The number of anilines is 1. The fourth-order valence-electron chi connectivity index (χ4n) is 3.27. The maximum absolute atomic E-state index is 12.5. The number of aryl methyl sites for hydroxylation is 1. The van der Waals surface area contributed by atoms with Crippen LogP contribution in [0.25, 0.3) is 0 Å². The molecule has 1 amide bonds. The van der Waals surface area contributed by atoms with E-state index in [0.717, 1.165) is 30.7 Å². The lowest BCUT2D eigenvalue weighted by Crippen LogP contribution is -2.28. The standard InChI is InChI=1S/C18H21N3O2/c1-23-17-7-4-12-8-14(3-2-13(12)9-17)18(22)20-15-10-19-21(11-15)16-5-6-16/h4,7,9-11,14,16H,2-3,5-6,8H2,1H3,(H,20,22). The molecule has 23 heavy (non-hydrogen) atoms. The highest BCUT2D eigenvalue weighted by atomic mass is 16.5. The van der Waals surface area contributed by atoms with Crippen molar-refractivity contribution in [2.24, 2.45) is 5.92 Å². The van der Waals surface area contributed by atoms with Crippen LogP contribution in [-0.4, -0.2) is 22.8 Å². The van der Waals surface area contributed by atoms with Crippen LogP contribution in [0.3, 0.4) is 0 Å². The lowest BCUT2D eigenvalue weighted by Gasteiger charge is -2.24. The first-order chi connectivity index (χ1) is 11.2. The number of benzene rings is 1. The molecular formula is C18H21N3O2. The number of fused-ring (bicyclic) bond motifs is 1. The zero-order chi connectivity index (χ0) is 15.8. The molecule has 2 aromatic rings. The molecule has 1 saturated carbocycles. The molecule has 1 fully saturated rings. The Hall–Kier alpha value is -2.30. The Bertz CT molecular complexity index is 734. The molecule has 2 aliphatic carbocycles. The van der Waals surface area contributed by atoms with Crippen molar-refractivity contribution in [2.75, 3.05) is 12.4 Å². The number of ether oxygens (including phenoxy) is 1. The van der Waals surface area contributed by atoms with E-state index in [1.54, 1.807) is 13.3 Å². The number of aromatic nitrogens is 2. The minimum absolute atomic E-state index is 0.0279. The van der Waals surface area contributed by atoms with Crippen molar-refractivity contribution in [3.05, 3.63) is 41.7 Å². The summed E-state index contributed by atoms with van der Waals surface area (Å²) in [4.78, 5) is 12.5. The predicted octanol–water partition coefficient (Wildman–Crippen LogP) is 2.97. The van der Waals surface area contributed by atoms with Crippen molar-refractivity contribution in [1.29, 1.82) is 0 Å². The summed E-state index contributed by atoms with van der Waals surface area (Å²) >= 11 is 0. The molecule has 5 heteroatoms. The average Bonchev–Trinajstić information content (AvgIpc) is 3.33. The first kappa shape index (κ1) is 14.3. The fraction of sp³-hybridized carbons (Fsp3) is 0.444. The zero-order valence-corrected chi connectivity index (χ0v) is 13.3. The van der Waals surface area contributed by atoms with E-state index in [4.69, 9.17) is 4.74 Å². The van der Waals surface area contributed by atoms with Gasteiger partial charge >= 0.3 is 0 Å². The molecular weight excluding hydrogens is 290 g/mol. The Kier molecular flexibility index (Phi) is 3.56. The monoisotopic (exact) mass is 311 g/mol. The van der Waals surface area contributed by atoms with Crippen molar-refractivity contribution >= 4 is 11.6 Å². The third-order valence-corrected chi connectivity index (χ3v) is 4.80. The zero-order valence-electron chi connectivity index (χ0n) is 13.3. The van der Waals surface area contributed by atoms with Gasteiger partial charge in [0.15, 0.2) is 0 Å². The summed E-state index contributed by atoms with van der Waals surface area (Å²) in [5, 5.41) is 7.34. The van der Waals surface area contributed by atoms with Crippen LogP contribution in [0.15, 0.2) is 30.6 Å². The van der Waals surface area contributed by atoms with Crippen LogP contribution in [0, 0.1) is 5.92 Å². The second kappa shape index (κ2) is 5.72. The third kappa shape index (κ3) is 2.96. The molecule has 0 bridgehead atoms. The number of carbonyl (C=O) groups is 1. The van der Waals surface area contributed by atoms with Crippen molar-refractivity contribution < 1.29 is 9.53 Å². The molecule has 1 heterocycles. The van der Waals surface area contributed by atoms with Gasteiger partial charge in [0.2, 0.25) is 5.91 Å². The van der Waals surface area contributed by atoms with Crippen LogP contribution in [-0.2, 0) is 17.6 Å². The summed E-state index contributed by atoms with van der Waals surface area (Å²) in [6.07, 6.45) is 8.67. The number of methoxy groups -OCH3 is 1. The molecule has 2 aliphatic rings. The maximum Gasteiger partial charge on any atom is 0.227 e. The van der Waals surface area contributed by atoms with E-state index in [2.05, 4.69) is 22.5 Å². The number of nitrogens with zero attached hydrogens (tertiary/aromatic N) is 2. The van der Waals surface area contributed by atoms with Crippen molar-refractivity contribution in [3.8, 4) is 5.75 Å². The largest absolute Gasteiger partial charge is 0.497 e. The van der Waals surface area contributed by atoms with Crippen LogP contribution in [0.2, 0.25) is 0 Å². The van der Waals surface area contributed by atoms with E-state index < -0.39 is 0 Å². The Balaban J connectivity index is 1.42. The lowest BCUT2D eigenvalue weighted by molar-refractivity contribution is -0.120. The van der Waals surface area contributed by atoms with E-state index in [-0.39, 0.29) is 11.8 Å². The quantitative estimate of drug-likeness (QED) is 0.944. The van der Waals surface area contributed by atoms with Gasteiger partial charge in [-0.1, -0.05) is 6.07 Å². The normalized spacial score (nSPS) is 20.0. The highest BCUT2D eigenvalue weighted by molar-refractivity contribution is 5.92. The molecule has 0 saturated heterocycles. The first-order valence-electron chi connectivity index (χ1n) is 8.24. The third-order valence-electron chi connectivity index (χ3n) is 4.80. The summed E-state index contributed by atoms with van der Waals surface area (Å²) in [6.45, 7) is 0. The number of hydrogen-bond acceptors (Lipinski definition) is 3. The smallest absolute Gasteiger partial charge is 0.227 e. The summed E-state index contributed by atoms with van der Waals surface area (Å²) in [5.74, 6) is 1.01. The summed E-state index contributed by atoms with van der Waals surface area (Å²) < 4.78 is 7.23. The van der Waals surface area contributed by atoms with Crippen LogP contribution in [0.1, 0.15) is 36.4 Å². The van der Waals surface area contributed by atoms with Crippen molar-refractivity contribution in [1.82, 2.24) is 9.78 Å². The number of hydrogen-bond donors (Lipinski definition) is 1. The molecule has 120 valence electrons. The summed E-state index contributed by atoms with van der Waals surface area (Å²) in [7, 11) is 1.68. The molecule has 1 N–H and O–H groups in total. The molecule has 4 rings (SSSR count). The highest BCUT2D eigenvalue weighted by Crippen LogP contribution is 2.35. The van der Waals surface area contributed by atoms with Gasteiger partial charge in [0.1, 0.15) is 5.75 Å². The Morgan fingerprint density at radius 2 is 2.17 bits per heavy atom. The van der Waals surface area contributed by atoms with E-state index >= 15 is 0 Å². The van der Waals surface area contributed by atoms with Crippen molar-refractivity contribution in [3.63, 3.8) is 0 Å². The van der Waals surface area contributed by atoms with Gasteiger partial charge in [-0.15, -0.1) is 0 Å². The van der Waals surface area contributed by atoms with Crippen LogP contribution in [0.4, 0.5) is 5.69 Å². The molecule has 0 spiro atoms. The van der Waals surface area contributed by atoms with Gasteiger partial charge < -0.3 is 10.1 Å². The van der Waals surface area contributed by atoms with E-state index in [9.17, 15) is 4.79 Å².